The number of anilines is 1. The molecular formula is C9H7ClN2O2S2. The maximum Gasteiger partial charge on any atom is 0.271 e. The molecule has 4 nitrogen and oxygen atoms in total. The molecule has 0 atom stereocenters. The van der Waals surface area contributed by atoms with Crippen LogP contribution in [0.2, 0.25) is 5.02 Å². The summed E-state index contributed by atoms with van der Waals surface area (Å²) in [5.41, 5.74) is 0.276. The number of rotatable bonds is 3. The van der Waals surface area contributed by atoms with Gasteiger partial charge in [-0.1, -0.05) is 17.7 Å². The van der Waals surface area contributed by atoms with E-state index in [9.17, 15) is 8.42 Å². The molecule has 2 heterocycles. The molecule has 0 aliphatic carbocycles. The van der Waals surface area contributed by atoms with Crippen LogP contribution in [0.25, 0.3) is 0 Å². The minimum absolute atomic E-state index is 0.243. The van der Waals surface area contributed by atoms with Crippen LogP contribution in [0.5, 0.6) is 0 Å². The Bertz CT molecular complexity index is 581. The van der Waals surface area contributed by atoms with Crippen molar-refractivity contribution in [3.63, 3.8) is 0 Å². The highest BCUT2D eigenvalue weighted by Gasteiger charge is 2.16. The van der Waals surface area contributed by atoms with Gasteiger partial charge in [-0.3, -0.25) is 9.71 Å². The maximum absolute atomic E-state index is 11.8. The zero-order valence-electron chi connectivity index (χ0n) is 7.92. The van der Waals surface area contributed by atoms with Crippen molar-refractivity contribution in [3.8, 4) is 0 Å². The summed E-state index contributed by atoms with van der Waals surface area (Å²) in [6.45, 7) is 0. The van der Waals surface area contributed by atoms with Crippen molar-refractivity contribution >= 4 is 38.6 Å². The van der Waals surface area contributed by atoms with Crippen molar-refractivity contribution in [2.45, 2.75) is 4.21 Å². The summed E-state index contributed by atoms with van der Waals surface area (Å²) in [6, 6.07) is 4.72. The van der Waals surface area contributed by atoms with Gasteiger partial charge in [0.15, 0.2) is 0 Å². The average Bonchev–Trinajstić information content (AvgIpc) is 2.75. The minimum atomic E-state index is -3.55. The van der Waals surface area contributed by atoms with E-state index in [0.29, 0.717) is 5.02 Å². The summed E-state index contributed by atoms with van der Waals surface area (Å²) in [7, 11) is -3.55. The second kappa shape index (κ2) is 4.40. The largest absolute Gasteiger partial charge is 0.276 e. The molecule has 0 saturated heterocycles. The minimum Gasteiger partial charge on any atom is -0.276 e. The Morgan fingerprint density at radius 1 is 1.38 bits per heavy atom. The topological polar surface area (TPSA) is 59.1 Å². The number of thiophene rings is 1. The zero-order chi connectivity index (χ0) is 11.6. The number of nitrogens with zero attached hydrogens (tertiary/aromatic N) is 1. The van der Waals surface area contributed by atoms with Gasteiger partial charge in [-0.15, -0.1) is 11.3 Å². The first-order valence-corrected chi connectivity index (χ1v) is 6.99. The first kappa shape index (κ1) is 11.4. The van der Waals surface area contributed by atoms with Gasteiger partial charge in [0.1, 0.15) is 4.21 Å². The van der Waals surface area contributed by atoms with Crippen molar-refractivity contribution in [1.29, 1.82) is 0 Å². The van der Waals surface area contributed by atoms with Crippen LogP contribution in [0.1, 0.15) is 0 Å². The molecule has 16 heavy (non-hydrogen) atoms. The smallest absolute Gasteiger partial charge is 0.271 e. The predicted octanol–water partition coefficient (Wildman–Crippen LogP) is 2.60. The molecular weight excluding hydrogens is 268 g/mol. The van der Waals surface area contributed by atoms with Gasteiger partial charge in [0, 0.05) is 6.20 Å². The van der Waals surface area contributed by atoms with Crippen molar-refractivity contribution in [2.24, 2.45) is 0 Å². The lowest BCUT2D eigenvalue weighted by Gasteiger charge is -2.06. The predicted molar refractivity (Wildman–Crippen MR) is 64.4 cm³/mol. The fourth-order valence-electron chi connectivity index (χ4n) is 1.06. The average molecular weight is 275 g/mol. The fourth-order valence-corrected chi connectivity index (χ4v) is 3.33. The van der Waals surface area contributed by atoms with Crippen LogP contribution < -0.4 is 4.72 Å². The summed E-state index contributed by atoms with van der Waals surface area (Å²) in [4.78, 5) is 3.80. The number of nitrogens with one attached hydrogen (secondary N) is 1. The lowest BCUT2D eigenvalue weighted by atomic mass is 10.4. The van der Waals surface area contributed by atoms with E-state index < -0.39 is 10.0 Å². The third-order valence-corrected chi connectivity index (χ3v) is 4.86. The van der Waals surface area contributed by atoms with Crippen molar-refractivity contribution in [3.05, 3.63) is 41.0 Å². The second-order valence-electron chi connectivity index (χ2n) is 2.89. The molecule has 0 radical (unpaired) electrons. The van der Waals surface area contributed by atoms with E-state index in [2.05, 4.69) is 9.71 Å². The van der Waals surface area contributed by atoms with Gasteiger partial charge in [-0.2, -0.15) is 0 Å². The Morgan fingerprint density at radius 2 is 2.19 bits per heavy atom. The molecule has 0 aliphatic heterocycles. The van der Waals surface area contributed by atoms with Crippen LogP contribution in [-0.2, 0) is 10.0 Å². The number of sulfonamides is 1. The Morgan fingerprint density at radius 3 is 2.81 bits per heavy atom. The normalized spacial score (nSPS) is 11.3. The second-order valence-corrected chi connectivity index (χ2v) is 6.16. The van der Waals surface area contributed by atoms with E-state index in [1.807, 2.05) is 0 Å². The van der Waals surface area contributed by atoms with E-state index in [1.165, 1.54) is 24.5 Å². The summed E-state index contributed by atoms with van der Waals surface area (Å²) in [5.74, 6) is 0. The standard InChI is InChI=1S/C9H7ClN2O2S2/c10-7-3-4-11-6-8(7)12-16(13,14)9-2-1-5-15-9/h1-6,12H. The highest BCUT2D eigenvalue weighted by Crippen LogP contribution is 2.24. The molecule has 2 aromatic rings. The number of hydrogen-bond acceptors (Lipinski definition) is 4. The molecule has 1 N–H and O–H groups in total. The van der Waals surface area contributed by atoms with Crippen LogP contribution >= 0.6 is 22.9 Å². The molecule has 7 heteroatoms. The van der Waals surface area contributed by atoms with E-state index in [1.54, 1.807) is 11.4 Å². The first-order chi connectivity index (χ1) is 7.59. The highest BCUT2D eigenvalue weighted by molar-refractivity contribution is 7.94. The van der Waals surface area contributed by atoms with Gasteiger partial charge in [0.2, 0.25) is 0 Å². The monoisotopic (exact) mass is 274 g/mol. The molecule has 2 rings (SSSR count). The third kappa shape index (κ3) is 2.34. The van der Waals surface area contributed by atoms with E-state index >= 15 is 0 Å². The van der Waals surface area contributed by atoms with E-state index in [0.717, 1.165) is 11.3 Å². The van der Waals surface area contributed by atoms with Gasteiger partial charge < -0.3 is 0 Å². The number of aromatic nitrogens is 1. The van der Waals surface area contributed by atoms with Crippen LogP contribution in [0, 0.1) is 0 Å². The summed E-state index contributed by atoms with van der Waals surface area (Å²) >= 11 is 6.97. The van der Waals surface area contributed by atoms with E-state index in [4.69, 9.17) is 11.6 Å². The fraction of sp³-hybridized carbons (Fsp3) is 0. The molecule has 0 unspecified atom stereocenters. The van der Waals surface area contributed by atoms with Crippen LogP contribution in [0.4, 0.5) is 5.69 Å². The van der Waals surface area contributed by atoms with Crippen molar-refractivity contribution < 1.29 is 8.42 Å². The number of halogens is 1. The molecule has 84 valence electrons. The maximum atomic E-state index is 11.8. The highest BCUT2D eigenvalue weighted by atomic mass is 35.5. The van der Waals surface area contributed by atoms with Gasteiger partial charge >= 0.3 is 0 Å². The SMILES string of the molecule is O=S(=O)(Nc1cnccc1Cl)c1cccs1. The van der Waals surface area contributed by atoms with Gasteiger partial charge in [0.05, 0.1) is 16.9 Å². The summed E-state index contributed by atoms with van der Waals surface area (Å²) < 4.78 is 26.3. The first-order valence-electron chi connectivity index (χ1n) is 4.25. The molecule has 0 saturated carbocycles. The van der Waals surface area contributed by atoms with Crippen molar-refractivity contribution in [1.82, 2.24) is 4.98 Å². The van der Waals surface area contributed by atoms with Gasteiger partial charge in [-0.05, 0) is 17.5 Å². The molecule has 0 fully saturated rings. The van der Waals surface area contributed by atoms with Crippen LogP contribution in [-0.4, -0.2) is 13.4 Å². The lowest BCUT2D eigenvalue weighted by molar-refractivity contribution is 0.603. The molecule has 0 amide bonds. The van der Waals surface area contributed by atoms with E-state index in [-0.39, 0.29) is 9.90 Å². The van der Waals surface area contributed by atoms with Crippen LogP contribution in [0.3, 0.4) is 0 Å². The quantitative estimate of drug-likeness (QED) is 0.936. The van der Waals surface area contributed by atoms with Crippen molar-refractivity contribution in [2.75, 3.05) is 4.72 Å². The summed E-state index contributed by atoms with van der Waals surface area (Å²) in [5, 5.41) is 2.01. The van der Waals surface area contributed by atoms with Gasteiger partial charge in [-0.25, -0.2) is 8.42 Å². The Kier molecular flexibility index (Phi) is 3.13. The Hall–Kier alpha value is -1.11. The third-order valence-electron chi connectivity index (χ3n) is 1.77. The molecule has 0 aromatic carbocycles. The molecule has 0 aliphatic rings. The Labute approximate surface area is 102 Å². The lowest BCUT2D eigenvalue weighted by Crippen LogP contribution is -2.11. The zero-order valence-corrected chi connectivity index (χ0v) is 10.3. The molecule has 0 spiro atoms. The molecule has 0 bridgehead atoms. The van der Waals surface area contributed by atoms with Gasteiger partial charge in [0.25, 0.3) is 10.0 Å². The van der Waals surface area contributed by atoms with Crippen LogP contribution in [0.15, 0.2) is 40.2 Å². The number of hydrogen-bond donors (Lipinski definition) is 1. The number of pyridine rings is 1. The molecule has 2 aromatic heterocycles. The Balaban J connectivity index is 2.33. The summed E-state index contributed by atoms with van der Waals surface area (Å²) in [6.07, 6.45) is 2.86.